The molecule has 0 aliphatic carbocycles. The van der Waals surface area contributed by atoms with Crippen molar-refractivity contribution in [2.75, 3.05) is 0 Å². The van der Waals surface area contributed by atoms with E-state index < -0.39 is 0 Å². The van der Waals surface area contributed by atoms with Crippen molar-refractivity contribution in [3.8, 4) is 0 Å². The van der Waals surface area contributed by atoms with Gasteiger partial charge in [0.15, 0.2) is 0 Å². The number of rotatable bonds is 1. The highest BCUT2D eigenvalue weighted by molar-refractivity contribution is 5.83. The minimum atomic E-state index is 1.04. The van der Waals surface area contributed by atoms with Gasteiger partial charge in [-0.1, -0.05) is 25.1 Å². The van der Waals surface area contributed by atoms with Gasteiger partial charge in [0, 0.05) is 10.8 Å². The first-order chi connectivity index (χ1) is 5.92. The standard InChI is InChI=1S/C10H10N2/c1-2-8-4-3-5-9-6-11-12-7-10(8)9/h3-7H,2H2,1H3. The lowest BCUT2D eigenvalue weighted by atomic mass is 10.1. The first kappa shape index (κ1) is 7.22. The van der Waals surface area contributed by atoms with E-state index in [9.17, 15) is 0 Å². The summed E-state index contributed by atoms with van der Waals surface area (Å²) >= 11 is 0. The predicted octanol–water partition coefficient (Wildman–Crippen LogP) is 2.19. The number of aryl methyl sites for hydroxylation is 1. The smallest absolute Gasteiger partial charge is 0.0577 e. The Balaban J connectivity index is 2.79. The topological polar surface area (TPSA) is 25.8 Å². The molecule has 0 aliphatic rings. The highest BCUT2D eigenvalue weighted by Crippen LogP contribution is 2.16. The van der Waals surface area contributed by atoms with Gasteiger partial charge < -0.3 is 0 Å². The second-order valence-electron chi connectivity index (χ2n) is 2.76. The molecule has 0 N–H and O–H groups in total. The van der Waals surface area contributed by atoms with E-state index >= 15 is 0 Å². The molecule has 2 rings (SSSR count). The van der Waals surface area contributed by atoms with Gasteiger partial charge in [-0.2, -0.15) is 10.2 Å². The van der Waals surface area contributed by atoms with Crippen molar-refractivity contribution in [3.05, 3.63) is 36.2 Å². The summed E-state index contributed by atoms with van der Waals surface area (Å²) < 4.78 is 0. The Morgan fingerprint density at radius 3 is 2.83 bits per heavy atom. The molecule has 0 atom stereocenters. The van der Waals surface area contributed by atoms with Crippen LogP contribution < -0.4 is 0 Å². The molecule has 60 valence electrons. The molecule has 2 nitrogen and oxygen atoms in total. The summed E-state index contributed by atoms with van der Waals surface area (Å²) in [5.74, 6) is 0. The van der Waals surface area contributed by atoms with Crippen LogP contribution in [0, 0.1) is 0 Å². The maximum atomic E-state index is 3.87. The zero-order valence-electron chi connectivity index (χ0n) is 6.99. The minimum Gasteiger partial charge on any atom is -0.158 e. The van der Waals surface area contributed by atoms with Crippen molar-refractivity contribution in [1.29, 1.82) is 0 Å². The molecule has 0 spiro atoms. The number of hydrogen-bond acceptors (Lipinski definition) is 2. The third-order valence-corrected chi connectivity index (χ3v) is 2.06. The lowest BCUT2D eigenvalue weighted by Gasteiger charge is -2.00. The van der Waals surface area contributed by atoms with E-state index in [-0.39, 0.29) is 0 Å². The molecule has 0 fully saturated rings. The maximum absolute atomic E-state index is 3.87. The van der Waals surface area contributed by atoms with Crippen LogP contribution >= 0.6 is 0 Å². The monoisotopic (exact) mass is 158 g/mol. The molecule has 0 bridgehead atoms. The molecular formula is C10H10N2. The summed E-state index contributed by atoms with van der Waals surface area (Å²) in [7, 11) is 0. The van der Waals surface area contributed by atoms with Gasteiger partial charge in [-0.25, -0.2) is 0 Å². The van der Waals surface area contributed by atoms with E-state index in [1.807, 2.05) is 6.20 Å². The predicted molar refractivity (Wildman–Crippen MR) is 48.9 cm³/mol. The van der Waals surface area contributed by atoms with Crippen LogP contribution in [0.3, 0.4) is 0 Å². The highest BCUT2D eigenvalue weighted by atomic mass is 15.1. The van der Waals surface area contributed by atoms with E-state index in [1.165, 1.54) is 16.3 Å². The van der Waals surface area contributed by atoms with Gasteiger partial charge in [-0.3, -0.25) is 0 Å². The van der Waals surface area contributed by atoms with Gasteiger partial charge in [0.2, 0.25) is 0 Å². The third-order valence-electron chi connectivity index (χ3n) is 2.06. The second kappa shape index (κ2) is 2.89. The minimum absolute atomic E-state index is 1.04. The van der Waals surface area contributed by atoms with Gasteiger partial charge in [0.1, 0.15) is 0 Å². The van der Waals surface area contributed by atoms with E-state index in [1.54, 1.807) is 6.20 Å². The maximum Gasteiger partial charge on any atom is 0.0577 e. The summed E-state index contributed by atoms with van der Waals surface area (Å²) in [4.78, 5) is 0. The second-order valence-corrected chi connectivity index (χ2v) is 2.76. The van der Waals surface area contributed by atoms with Crippen molar-refractivity contribution in [1.82, 2.24) is 10.2 Å². The van der Waals surface area contributed by atoms with E-state index in [0.29, 0.717) is 0 Å². The van der Waals surface area contributed by atoms with E-state index in [0.717, 1.165) is 6.42 Å². The molecule has 2 aromatic rings. The molecule has 1 aromatic heterocycles. The van der Waals surface area contributed by atoms with Crippen LogP contribution in [0.4, 0.5) is 0 Å². The van der Waals surface area contributed by atoms with Crippen molar-refractivity contribution in [2.24, 2.45) is 0 Å². The Bertz CT molecular complexity index is 390. The van der Waals surface area contributed by atoms with Crippen LogP contribution in [0.2, 0.25) is 0 Å². The largest absolute Gasteiger partial charge is 0.158 e. The molecule has 0 aliphatic heterocycles. The molecule has 0 saturated carbocycles. The number of nitrogens with zero attached hydrogens (tertiary/aromatic N) is 2. The normalized spacial score (nSPS) is 10.4. The molecule has 0 radical (unpaired) electrons. The first-order valence-corrected chi connectivity index (χ1v) is 4.10. The Labute approximate surface area is 71.3 Å². The van der Waals surface area contributed by atoms with Crippen molar-refractivity contribution >= 4 is 10.8 Å². The lowest BCUT2D eigenvalue weighted by molar-refractivity contribution is 1.04. The van der Waals surface area contributed by atoms with E-state index in [4.69, 9.17) is 0 Å². The molecule has 1 aromatic carbocycles. The van der Waals surface area contributed by atoms with E-state index in [2.05, 4.69) is 35.3 Å². The van der Waals surface area contributed by atoms with Crippen LogP contribution in [-0.2, 0) is 6.42 Å². The molecular weight excluding hydrogens is 148 g/mol. The quantitative estimate of drug-likeness (QED) is 0.635. The van der Waals surface area contributed by atoms with Crippen LogP contribution in [0.5, 0.6) is 0 Å². The summed E-state index contributed by atoms with van der Waals surface area (Å²) in [5, 5.41) is 10.1. The zero-order chi connectivity index (χ0) is 8.39. The fourth-order valence-electron chi connectivity index (χ4n) is 1.40. The van der Waals surface area contributed by atoms with Crippen molar-refractivity contribution in [2.45, 2.75) is 13.3 Å². The number of fused-ring (bicyclic) bond motifs is 1. The van der Waals surface area contributed by atoms with Gasteiger partial charge >= 0.3 is 0 Å². The molecule has 2 heteroatoms. The van der Waals surface area contributed by atoms with Gasteiger partial charge in [0.25, 0.3) is 0 Å². The average Bonchev–Trinajstić information content (AvgIpc) is 2.17. The average molecular weight is 158 g/mol. The van der Waals surface area contributed by atoms with Crippen LogP contribution in [-0.4, -0.2) is 10.2 Å². The SMILES string of the molecule is CCc1cccc2cnncc12. The number of aromatic nitrogens is 2. The van der Waals surface area contributed by atoms with Crippen LogP contribution in [0.1, 0.15) is 12.5 Å². The summed E-state index contributed by atoms with van der Waals surface area (Å²) in [5.41, 5.74) is 1.34. The molecule has 0 saturated heterocycles. The van der Waals surface area contributed by atoms with Crippen molar-refractivity contribution < 1.29 is 0 Å². The molecule has 0 amide bonds. The fraction of sp³-hybridized carbons (Fsp3) is 0.200. The first-order valence-electron chi connectivity index (χ1n) is 4.10. The Kier molecular flexibility index (Phi) is 1.74. The Hall–Kier alpha value is -1.44. The molecule has 12 heavy (non-hydrogen) atoms. The zero-order valence-corrected chi connectivity index (χ0v) is 6.99. The highest BCUT2D eigenvalue weighted by Gasteiger charge is 1.97. The van der Waals surface area contributed by atoms with Gasteiger partial charge in [-0.05, 0) is 12.0 Å². The Morgan fingerprint density at radius 1 is 1.17 bits per heavy atom. The fourth-order valence-corrected chi connectivity index (χ4v) is 1.40. The lowest BCUT2D eigenvalue weighted by Crippen LogP contribution is -1.86. The summed E-state index contributed by atoms with van der Waals surface area (Å²) in [6.07, 6.45) is 4.67. The third kappa shape index (κ3) is 1.05. The number of benzene rings is 1. The summed E-state index contributed by atoms with van der Waals surface area (Å²) in [6, 6.07) is 6.25. The summed E-state index contributed by atoms with van der Waals surface area (Å²) in [6.45, 7) is 2.15. The number of hydrogen-bond donors (Lipinski definition) is 0. The Morgan fingerprint density at radius 2 is 2.00 bits per heavy atom. The van der Waals surface area contributed by atoms with Crippen LogP contribution in [0.25, 0.3) is 10.8 Å². The van der Waals surface area contributed by atoms with Gasteiger partial charge in [-0.15, -0.1) is 0 Å². The van der Waals surface area contributed by atoms with Crippen molar-refractivity contribution in [3.63, 3.8) is 0 Å². The van der Waals surface area contributed by atoms with Gasteiger partial charge in [0.05, 0.1) is 12.4 Å². The molecule has 1 heterocycles. The van der Waals surface area contributed by atoms with Crippen LogP contribution in [0.15, 0.2) is 30.6 Å². The molecule has 0 unspecified atom stereocenters.